The van der Waals surface area contributed by atoms with Gasteiger partial charge in [-0.2, -0.15) is 0 Å². The maximum absolute atomic E-state index is 12.3. The molecule has 0 atom stereocenters. The highest BCUT2D eigenvalue weighted by Gasteiger charge is 2.19. The Labute approximate surface area is 175 Å². The summed E-state index contributed by atoms with van der Waals surface area (Å²) in [5.41, 5.74) is 3.33. The van der Waals surface area contributed by atoms with Gasteiger partial charge in [0.15, 0.2) is 4.34 Å². The Kier molecular flexibility index (Phi) is 6.33. The maximum atomic E-state index is 12.3. The van der Waals surface area contributed by atoms with Gasteiger partial charge in [-0.3, -0.25) is 14.9 Å². The molecule has 0 bridgehead atoms. The molecule has 6 nitrogen and oxygen atoms in total. The second-order valence-corrected chi connectivity index (χ2v) is 8.59. The number of hydrogen-bond donors (Lipinski definition) is 1. The lowest BCUT2D eigenvalue weighted by Crippen LogP contribution is -2.16. The molecule has 28 heavy (non-hydrogen) atoms. The predicted octanol–water partition coefficient (Wildman–Crippen LogP) is 5.72. The Hall–Kier alpha value is -2.42. The van der Waals surface area contributed by atoms with Gasteiger partial charge in [0.25, 0.3) is 5.69 Å². The van der Waals surface area contributed by atoms with Crippen molar-refractivity contribution in [2.75, 3.05) is 11.1 Å². The lowest BCUT2D eigenvalue weighted by molar-refractivity contribution is -0.384. The summed E-state index contributed by atoms with van der Waals surface area (Å²) in [5, 5.41) is 16.5. The number of amides is 1. The van der Waals surface area contributed by atoms with Gasteiger partial charge in [0.1, 0.15) is 5.69 Å². The number of thioether (sulfide) groups is 1. The third-order valence-corrected chi connectivity index (χ3v) is 6.14. The molecule has 2 aromatic carbocycles. The Morgan fingerprint density at radius 3 is 2.68 bits per heavy atom. The highest BCUT2D eigenvalue weighted by atomic mass is 35.5. The van der Waals surface area contributed by atoms with E-state index >= 15 is 0 Å². The minimum Gasteiger partial charge on any atom is -0.319 e. The summed E-state index contributed by atoms with van der Waals surface area (Å²) in [6.07, 6.45) is 0. The van der Waals surface area contributed by atoms with Crippen LogP contribution in [0.25, 0.3) is 11.3 Å². The second-order valence-electron chi connectivity index (χ2n) is 6.08. The molecule has 0 fully saturated rings. The van der Waals surface area contributed by atoms with Crippen LogP contribution in [-0.4, -0.2) is 21.6 Å². The van der Waals surface area contributed by atoms with Gasteiger partial charge in [0.05, 0.1) is 16.4 Å². The van der Waals surface area contributed by atoms with Gasteiger partial charge in [0, 0.05) is 22.0 Å². The summed E-state index contributed by atoms with van der Waals surface area (Å²) in [7, 11) is 0. The van der Waals surface area contributed by atoms with E-state index in [9.17, 15) is 14.9 Å². The van der Waals surface area contributed by atoms with Crippen LogP contribution in [0, 0.1) is 24.0 Å². The van der Waals surface area contributed by atoms with Crippen LogP contribution >= 0.6 is 34.7 Å². The Morgan fingerprint density at radius 1 is 1.29 bits per heavy atom. The highest BCUT2D eigenvalue weighted by molar-refractivity contribution is 8.01. The van der Waals surface area contributed by atoms with Crippen LogP contribution in [0.3, 0.4) is 0 Å². The molecule has 9 heteroatoms. The van der Waals surface area contributed by atoms with Gasteiger partial charge in [-0.15, -0.1) is 11.3 Å². The number of nitro benzene ring substituents is 1. The number of carbonyl (C=O) groups excluding carboxylic acids is 1. The number of rotatable bonds is 6. The van der Waals surface area contributed by atoms with Crippen molar-refractivity contribution in [2.45, 2.75) is 18.2 Å². The van der Waals surface area contributed by atoms with Crippen LogP contribution in [0.2, 0.25) is 5.02 Å². The van der Waals surface area contributed by atoms with E-state index in [-0.39, 0.29) is 23.0 Å². The Bertz CT molecular complexity index is 1040. The van der Waals surface area contributed by atoms with Crippen molar-refractivity contribution in [3.8, 4) is 11.3 Å². The third kappa shape index (κ3) is 4.89. The summed E-state index contributed by atoms with van der Waals surface area (Å²) < 4.78 is 0.746. The normalized spacial score (nSPS) is 10.7. The molecule has 1 amide bonds. The SMILES string of the molecule is Cc1cc(C)c(NC(=O)CSc2nc(-c3ccc(Cl)cc3)cs2)c([N+](=O)[O-])c1. The molecular formula is C19H16ClN3O3S2. The molecule has 144 valence electrons. The van der Waals surface area contributed by atoms with E-state index < -0.39 is 4.92 Å². The van der Waals surface area contributed by atoms with E-state index in [1.54, 1.807) is 32.0 Å². The molecule has 0 saturated heterocycles. The van der Waals surface area contributed by atoms with E-state index in [1.807, 2.05) is 17.5 Å². The first-order chi connectivity index (χ1) is 13.3. The van der Waals surface area contributed by atoms with Crippen molar-refractivity contribution in [1.29, 1.82) is 0 Å². The molecule has 0 aliphatic heterocycles. The van der Waals surface area contributed by atoms with E-state index in [0.717, 1.165) is 21.2 Å². The molecule has 3 rings (SSSR count). The molecule has 0 radical (unpaired) electrons. The molecule has 3 aromatic rings. The lowest BCUT2D eigenvalue weighted by Gasteiger charge is -2.09. The maximum Gasteiger partial charge on any atom is 0.293 e. The number of aryl methyl sites for hydroxylation is 2. The quantitative estimate of drug-likeness (QED) is 0.305. The van der Waals surface area contributed by atoms with E-state index in [0.29, 0.717) is 10.6 Å². The number of halogens is 1. The monoisotopic (exact) mass is 433 g/mol. The van der Waals surface area contributed by atoms with Gasteiger partial charge < -0.3 is 5.32 Å². The molecule has 0 aliphatic rings. The highest BCUT2D eigenvalue weighted by Crippen LogP contribution is 2.31. The van der Waals surface area contributed by atoms with Crippen LogP contribution in [-0.2, 0) is 4.79 Å². The van der Waals surface area contributed by atoms with Crippen LogP contribution in [0.1, 0.15) is 11.1 Å². The van der Waals surface area contributed by atoms with E-state index in [2.05, 4.69) is 10.3 Å². The number of thiazole rings is 1. The largest absolute Gasteiger partial charge is 0.319 e. The molecule has 1 N–H and O–H groups in total. The van der Waals surface area contributed by atoms with Crippen LogP contribution < -0.4 is 5.32 Å². The molecule has 0 saturated carbocycles. The van der Waals surface area contributed by atoms with Crippen molar-refractivity contribution in [3.63, 3.8) is 0 Å². The fraction of sp³-hybridized carbons (Fsp3) is 0.158. The minimum absolute atomic E-state index is 0.102. The fourth-order valence-corrected chi connectivity index (χ4v) is 4.39. The number of aromatic nitrogens is 1. The predicted molar refractivity (Wildman–Crippen MR) is 114 cm³/mol. The summed E-state index contributed by atoms with van der Waals surface area (Å²) in [6, 6.07) is 10.6. The van der Waals surface area contributed by atoms with Crippen molar-refractivity contribution >= 4 is 52.0 Å². The number of benzene rings is 2. The molecular weight excluding hydrogens is 418 g/mol. The molecule has 0 unspecified atom stereocenters. The average molecular weight is 434 g/mol. The summed E-state index contributed by atoms with van der Waals surface area (Å²) in [5.74, 6) is -0.207. The number of nitrogens with zero attached hydrogens (tertiary/aromatic N) is 2. The molecule has 0 spiro atoms. The van der Waals surface area contributed by atoms with Gasteiger partial charge in [-0.1, -0.05) is 41.6 Å². The number of hydrogen-bond acceptors (Lipinski definition) is 6. The van der Waals surface area contributed by atoms with E-state index in [4.69, 9.17) is 11.6 Å². The second kappa shape index (κ2) is 8.72. The molecule has 0 aliphatic carbocycles. The fourth-order valence-electron chi connectivity index (χ4n) is 2.63. The summed E-state index contributed by atoms with van der Waals surface area (Å²) in [6.45, 7) is 3.52. The zero-order valence-electron chi connectivity index (χ0n) is 15.1. The van der Waals surface area contributed by atoms with E-state index in [1.165, 1.54) is 29.2 Å². The first-order valence-corrected chi connectivity index (χ1v) is 10.5. The van der Waals surface area contributed by atoms with Gasteiger partial charge in [-0.25, -0.2) is 4.98 Å². The standard InChI is InChI=1S/C19H16ClN3O3S2/c1-11-7-12(2)18(16(8-11)23(25)26)22-17(24)10-28-19-21-15(9-27-19)13-3-5-14(20)6-4-13/h3-9H,10H2,1-2H3,(H,22,24). The van der Waals surface area contributed by atoms with Crippen molar-refractivity contribution in [3.05, 3.63) is 68.0 Å². The smallest absolute Gasteiger partial charge is 0.293 e. The number of nitro groups is 1. The van der Waals surface area contributed by atoms with Gasteiger partial charge in [0.2, 0.25) is 5.91 Å². The zero-order chi connectivity index (χ0) is 20.3. The van der Waals surface area contributed by atoms with Gasteiger partial charge in [-0.05, 0) is 37.1 Å². The Morgan fingerprint density at radius 2 is 2.00 bits per heavy atom. The molecule has 1 heterocycles. The van der Waals surface area contributed by atoms with Crippen molar-refractivity contribution < 1.29 is 9.72 Å². The number of nitrogens with one attached hydrogen (secondary N) is 1. The van der Waals surface area contributed by atoms with Crippen LogP contribution in [0.15, 0.2) is 46.1 Å². The average Bonchev–Trinajstić information content (AvgIpc) is 3.11. The van der Waals surface area contributed by atoms with Crippen molar-refractivity contribution in [2.24, 2.45) is 0 Å². The van der Waals surface area contributed by atoms with Crippen LogP contribution in [0.4, 0.5) is 11.4 Å². The van der Waals surface area contributed by atoms with Crippen molar-refractivity contribution in [1.82, 2.24) is 4.98 Å². The topological polar surface area (TPSA) is 85.1 Å². The first kappa shape index (κ1) is 20.3. The zero-order valence-corrected chi connectivity index (χ0v) is 17.5. The number of carbonyl (C=O) groups is 1. The Balaban J connectivity index is 1.66. The number of anilines is 1. The first-order valence-electron chi connectivity index (χ1n) is 8.23. The molecule has 1 aromatic heterocycles. The lowest BCUT2D eigenvalue weighted by atomic mass is 10.1. The minimum atomic E-state index is -0.484. The van der Waals surface area contributed by atoms with Crippen LogP contribution in [0.5, 0.6) is 0 Å². The summed E-state index contributed by atoms with van der Waals surface area (Å²) >= 11 is 8.63. The third-order valence-electron chi connectivity index (χ3n) is 3.87. The summed E-state index contributed by atoms with van der Waals surface area (Å²) in [4.78, 5) is 27.6. The van der Waals surface area contributed by atoms with Gasteiger partial charge >= 0.3 is 0 Å².